The zero-order valence-electron chi connectivity index (χ0n) is 19.6. The summed E-state index contributed by atoms with van der Waals surface area (Å²) in [6.45, 7) is 4.41. The highest BCUT2D eigenvalue weighted by atomic mass is 19.1. The molecule has 0 saturated carbocycles. The Hall–Kier alpha value is -3.18. The van der Waals surface area contributed by atoms with Gasteiger partial charge >= 0.3 is 0 Å². The van der Waals surface area contributed by atoms with Crippen molar-refractivity contribution in [1.82, 2.24) is 4.90 Å². The van der Waals surface area contributed by atoms with Crippen LogP contribution in [0.3, 0.4) is 0 Å². The van der Waals surface area contributed by atoms with Crippen molar-refractivity contribution in [2.45, 2.75) is 32.2 Å². The van der Waals surface area contributed by atoms with Crippen molar-refractivity contribution in [3.8, 4) is 5.75 Å². The number of ether oxygens (including phenoxy) is 1. The second-order valence-electron chi connectivity index (χ2n) is 8.99. The molecule has 4 nitrogen and oxygen atoms in total. The van der Waals surface area contributed by atoms with Crippen LogP contribution in [0.2, 0.25) is 0 Å². The van der Waals surface area contributed by atoms with Gasteiger partial charge in [-0.15, -0.1) is 0 Å². The summed E-state index contributed by atoms with van der Waals surface area (Å²) in [7, 11) is 0. The van der Waals surface area contributed by atoms with E-state index in [1.54, 1.807) is 12.1 Å². The minimum absolute atomic E-state index is 0.0801. The maximum Gasteiger partial charge on any atom is 0.162 e. The zero-order valence-corrected chi connectivity index (χ0v) is 19.6. The number of para-hydroxylation sites is 2. The van der Waals surface area contributed by atoms with Crippen molar-refractivity contribution < 1.29 is 13.9 Å². The number of nitrogens with one attached hydrogen (secondary N) is 1. The molecule has 0 amide bonds. The number of Topliss-reactive ketones (excluding diaryl/α,β-unsaturated/α-hetero) is 1. The van der Waals surface area contributed by atoms with Crippen LogP contribution in [0.25, 0.3) is 0 Å². The third kappa shape index (κ3) is 7.16. The van der Waals surface area contributed by atoms with E-state index in [0.29, 0.717) is 24.5 Å². The lowest BCUT2D eigenvalue weighted by Gasteiger charge is -2.32. The molecule has 1 saturated heterocycles. The first kappa shape index (κ1) is 24.0. The Labute approximate surface area is 201 Å². The number of hydrogen-bond acceptors (Lipinski definition) is 4. The highest BCUT2D eigenvalue weighted by Crippen LogP contribution is 2.26. The second kappa shape index (κ2) is 12.3. The number of halogens is 1. The molecule has 1 aliphatic heterocycles. The van der Waals surface area contributed by atoms with E-state index < -0.39 is 0 Å². The van der Waals surface area contributed by atoms with E-state index >= 15 is 0 Å². The Kier molecular flexibility index (Phi) is 8.69. The SMILES string of the molecule is O=C(CCCN1CCCC(COc2ccccc2NCc2ccccc2)C1)c1ccc(F)cc1. The lowest BCUT2D eigenvalue weighted by Crippen LogP contribution is -2.38. The Morgan fingerprint density at radius 2 is 1.76 bits per heavy atom. The van der Waals surface area contributed by atoms with Gasteiger partial charge in [0.1, 0.15) is 11.6 Å². The minimum atomic E-state index is -0.312. The number of likely N-dealkylation sites (tertiary alicyclic amines) is 1. The van der Waals surface area contributed by atoms with E-state index in [2.05, 4.69) is 28.4 Å². The predicted molar refractivity (Wildman–Crippen MR) is 135 cm³/mol. The summed E-state index contributed by atoms with van der Waals surface area (Å²) < 4.78 is 19.3. The molecule has 1 atom stereocenters. The van der Waals surface area contributed by atoms with Gasteiger partial charge in [0.25, 0.3) is 0 Å². The molecule has 1 unspecified atom stereocenters. The van der Waals surface area contributed by atoms with Gasteiger partial charge in [-0.2, -0.15) is 0 Å². The lowest BCUT2D eigenvalue weighted by molar-refractivity contribution is 0.0961. The first-order valence-corrected chi connectivity index (χ1v) is 12.2. The number of carbonyl (C=O) groups excluding carboxylic acids is 1. The van der Waals surface area contributed by atoms with Gasteiger partial charge in [0.2, 0.25) is 0 Å². The van der Waals surface area contributed by atoms with Crippen LogP contribution in [0, 0.1) is 11.7 Å². The number of piperidine rings is 1. The molecule has 1 fully saturated rings. The average molecular weight is 461 g/mol. The molecule has 0 bridgehead atoms. The number of rotatable bonds is 11. The summed E-state index contributed by atoms with van der Waals surface area (Å²) in [6, 6.07) is 24.3. The van der Waals surface area contributed by atoms with Gasteiger partial charge in [-0.25, -0.2) is 4.39 Å². The van der Waals surface area contributed by atoms with Gasteiger partial charge in [0.15, 0.2) is 5.78 Å². The van der Waals surface area contributed by atoms with Crippen LogP contribution in [0.5, 0.6) is 5.75 Å². The Morgan fingerprint density at radius 3 is 2.59 bits per heavy atom. The van der Waals surface area contributed by atoms with Crippen LogP contribution in [-0.2, 0) is 6.54 Å². The van der Waals surface area contributed by atoms with Crippen molar-refractivity contribution in [1.29, 1.82) is 0 Å². The minimum Gasteiger partial charge on any atom is -0.491 e. The van der Waals surface area contributed by atoms with Gasteiger partial charge in [-0.05, 0) is 74.3 Å². The fourth-order valence-corrected chi connectivity index (χ4v) is 4.47. The van der Waals surface area contributed by atoms with E-state index in [-0.39, 0.29) is 11.6 Å². The van der Waals surface area contributed by atoms with Gasteiger partial charge in [0.05, 0.1) is 12.3 Å². The van der Waals surface area contributed by atoms with E-state index in [1.807, 2.05) is 36.4 Å². The fraction of sp³-hybridized carbons (Fsp3) is 0.345. The largest absolute Gasteiger partial charge is 0.491 e. The van der Waals surface area contributed by atoms with Gasteiger partial charge in [0, 0.05) is 31.0 Å². The molecule has 1 N–H and O–H groups in total. The number of benzene rings is 3. The summed E-state index contributed by atoms with van der Waals surface area (Å²) in [5.41, 5.74) is 2.84. The number of ketones is 1. The maximum absolute atomic E-state index is 13.1. The number of carbonyl (C=O) groups is 1. The highest BCUT2D eigenvalue weighted by molar-refractivity contribution is 5.95. The van der Waals surface area contributed by atoms with Gasteiger partial charge in [-0.1, -0.05) is 42.5 Å². The van der Waals surface area contributed by atoms with Crippen molar-refractivity contribution in [2.75, 3.05) is 31.6 Å². The third-order valence-corrected chi connectivity index (χ3v) is 6.33. The topological polar surface area (TPSA) is 41.6 Å². The van der Waals surface area contributed by atoms with Crippen molar-refractivity contribution in [3.63, 3.8) is 0 Å². The van der Waals surface area contributed by atoms with E-state index in [1.165, 1.54) is 17.7 Å². The molecular weight excluding hydrogens is 427 g/mol. The van der Waals surface area contributed by atoms with Crippen LogP contribution in [-0.4, -0.2) is 36.9 Å². The molecular formula is C29H33FN2O2. The summed E-state index contributed by atoms with van der Waals surface area (Å²) >= 11 is 0. The smallest absolute Gasteiger partial charge is 0.162 e. The Morgan fingerprint density at radius 1 is 1.00 bits per heavy atom. The Balaban J connectivity index is 1.21. The molecule has 4 rings (SSSR count). The van der Waals surface area contributed by atoms with Crippen LogP contribution in [0.15, 0.2) is 78.9 Å². The number of anilines is 1. The molecule has 178 valence electrons. The molecule has 34 heavy (non-hydrogen) atoms. The van der Waals surface area contributed by atoms with Crippen molar-refractivity contribution in [3.05, 3.63) is 95.8 Å². The van der Waals surface area contributed by atoms with Crippen molar-refractivity contribution in [2.24, 2.45) is 5.92 Å². The lowest BCUT2D eigenvalue weighted by atomic mass is 9.98. The molecule has 3 aromatic rings. The zero-order chi connectivity index (χ0) is 23.6. The number of hydrogen-bond donors (Lipinski definition) is 1. The normalized spacial score (nSPS) is 16.2. The summed E-state index contributed by atoms with van der Waals surface area (Å²) in [6.07, 6.45) is 3.61. The molecule has 1 aliphatic rings. The maximum atomic E-state index is 13.1. The summed E-state index contributed by atoms with van der Waals surface area (Å²) in [4.78, 5) is 14.8. The molecule has 5 heteroatoms. The molecule has 0 aliphatic carbocycles. The molecule has 0 spiro atoms. The van der Waals surface area contributed by atoms with E-state index in [9.17, 15) is 9.18 Å². The molecule has 0 aromatic heterocycles. The van der Waals surface area contributed by atoms with Crippen molar-refractivity contribution >= 4 is 11.5 Å². The Bertz CT molecular complexity index is 1040. The van der Waals surface area contributed by atoms with E-state index in [0.717, 1.165) is 56.9 Å². The molecule has 3 aromatic carbocycles. The van der Waals surface area contributed by atoms with Crippen LogP contribution < -0.4 is 10.1 Å². The first-order valence-electron chi connectivity index (χ1n) is 12.2. The predicted octanol–water partition coefficient (Wildman–Crippen LogP) is 6.19. The van der Waals surface area contributed by atoms with Crippen LogP contribution in [0.1, 0.15) is 41.6 Å². The molecule has 0 radical (unpaired) electrons. The first-order chi connectivity index (χ1) is 16.7. The number of nitrogens with zero attached hydrogens (tertiary/aromatic N) is 1. The fourth-order valence-electron chi connectivity index (χ4n) is 4.47. The van der Waals surface area contributed by atoms with E-state index in [4.69, 9.17) is 4.74 Å². The van der Waals surface area contributed by atoms with Crippen LogP contribution >= 0.6 is 0 Å². The standard InChI is InChI=1S/C29H33FN2O2/c30-26-16-14-25(15-17-26)28(33)12-7-19-32-18-6-10-24(21-32)22-34-29-13-5-4-11-27(29)31-20-23-8-2-1-3-9-23/h1-5,8-9,11,13-17,24,31H,6-7,10,12,18-22H2. The second-order valence-corrected chi connectivity index (χ2v) is 8.99. The highest BCUT2D eigenvalue weighted by Gasteiger charge is 2.21. The molecule has 1 heterocycles. The quantitative estimate of drug-likeness (QED) is 0.346. The van der Waals surface area contributed by atoms with Crippen LogP contribution in [0.4, 0.5) is 10.1 Å². The van der Waals surface area contributed by atoms with Gasteiger partial charge < -0.3 is 15.0 Å². The van der Waals surface area contributed by atoms with Gasteiger partial charge in [-0.3, -0.25) is 4.79 Å². The summed E-state index contributed by atoms with van der Waals surface area (Å²) in [5.74, 6) is 1.13. The third-order valence-electron chi connectivity index (χ3n) is 6.33. The average Bonchev–Trinajstić information content (AvgIpc) is 2.88. The monoisotopic (exact) mass is 460 g/mol. The summed E-state index contributed by atoms with van der Waals surface area (Å²) in [5, 5.41) is 3.49.